The van der Waals surface area contributed by atoms with Gasteiger partial charge in [0.15, 0.2) is 17.2 Å². The fraction of sp³-hybridized carbons (Fsp3) is 0.478. The van der Waals surface area contributed by atoms with E-state index in [2.05, 4.69) is 10.3 Å². The molecule has 2 aliphatic rings. The van der Waals surface area contributed by atoms with Gasteiger partial charge in [0.05, 0.1) is 30.8 Å². The van der Waals surface area contributed by atoms with Gasteiger partial charge >= 0.3 is 6.18 Å². The summed E-state index contributed by atoms with van der Waals surface area (Å²) in [6.45, 7) is 2.06. The molecule has 0 saturated carbocycles. The zero-order chi connectivity index (χ0) is 25.0. The van der Waals surface area contributed by atoms with Crippen LogP contribution in [0.1, 0.15) is 49.1 Å². The Bertz CT molecular complexity index is 1130. The highest BCUT2D eigenvalue weighted by Crippen LogP contribution is 2.55. The molecule has 11 heteroatoms. The first-order valence-corrected chi connectivity index (χ1v) is 10.6. The monoisotopic (exact) mass is 486 g/mol. The number of hydrogen-bond acceptors (Lipinski definition) is 5. The third-order valence-electron chi connectivity index (χ3n) is 6.84. The van der Waals surface area contributed by atoms with Gasteiger partial charge in [0.25, 0.3) is 5.91 Å². The summed E-state index contributed by atoms with van der Waals surface area (Å²) in [5, 5.41) is 12.4. The number of nitrogens with one attached hydrogen (secondary N) is 1. The molecule has 0 unspecified atom stereocenters. The Labute approximate surface area is 192 Å². The van der Waals surface area contributed by atoms with Crippen molar-refractivity contribution in [3.05, 3.63) is 52.9 Å². The lowest BCUT2D eigenvalue weighted by molar-refractivity contribution is -0.272. The largest absolute Gasteiger partial charge is 0.493 e. The van der Waals surface area contributed by atoms with Gasteiger partial charge in [-0.1, -0.05) is 13.0 Å². The van der Waals surface area contributed by atoms with Crippen molar-refractivity contribution in [1.29, 1.82) is 0 Å². The summed E-state index contributed by atoms with van der Waals surface area (Å²) in [5.41, 5.74) is -1.44. The highest BCUT2D eigenvalue weighted by atomic mass is 19.4. The molecule has 2 heterocycles. The molecule has 0 bridgehead atoms. The summed E-state index contributed by atoms with van der Waals surface area (Å²) in [4.78, 5) is 17.3. The number of aromatic nitrogens is 1. The van der Waals surface area contributed by atoms with Crippen LogP contribution in [0.3, 0.4) is 0 Å². The minimum atomic E-state index is -4.85. The zero-order valence-electron chi connectivity index (χ0n) is 18.5. The van der Waals surface area contributed by atoms with Crippen LogP contribution >= 0.6 is 0 Å². The number of fused-ring (bicyclic) bond motifs is 1. The molecule has 1 aromatic carbocycles. The van der Waals surface area contributed by atoms with E-state index in [0.717, 1.165) is 26.2 Å². The number of aryl methyl sites for hydroxylation is 1. The van der Waals surface area contributed by atoms with Crippen molar-refractivity contribution in [3.63, 3.8) is 0 Å². The number of ether oxygens (including phenoxy) is 2. The molecule has 1 amide bonds. The maximum Gasteiger partial charge on any atom is 0.417 e. The van der Waals surface area contributed by atoms with E-state index in [1.807, 2.05) is 0 Å². The van der Waals surface area contributed by atoms with Crippen molar-refractivity contribution in [3.8, 4) is 5.75 Å². The molecule has 1 saturated heterocycles. The van der Waals surface area contributed by atoms with E-state index in [0.29, 0.717) is 24.1 Å². The van der Waals surface area contributed by atoms with Crippen LogP contribution in [0, 0.1) is 17.6 Å². The maximum atomic E-state index is 14.4. The smallest absolute Gasteiger partial charge is 0.417 e. The number of nitrogens with zero attached hydrogens (tertiary/aromatic N) is 1. The Balaban J connectivity index is 1.73. The molecule has 1 aliphatic carbocycles. The van der Waals surface area contributed by atoms with E-state index in [4.69, 9.17) is 9.47 Å². The lowest BCUT2D eigenvalue weighted by Gasteiger charge is -2.32. The molecular formula is C23H23F5N2O4. The van der Waals surface area contributed by atoms with Crippen LogP contribution in [0.15, 0.2) is 24.4 Å². The maximum absolute atomic E-state index is 14.4. The number of methoxy groups -OCH3 is 1. The van der Waals surface area contributed by atoms with Crippen molar-refractivity contribution in [2.24, 2.45) is 5.92 Å². The number of carbonyl (C=O) groups excluding carboxylic acids is 1. The average molecular weight is 486 g/mol. The highest BCUT2D eigenvalue weighted by molar-refractivity contribution is 5.95. The van der Waals surface area contributed by atoms with E-state index < -0.39 is 59.1 Å². The predicted octanol–water partition coefficient (Wildman–Crippen LogP) is 4.43. The van der Waals surface area contributed by atoms with Gasteiger partial charge < -0.3 is 19.9 Å². The Morgan fingerprint density at radius 3 is 2.68 bits per heavy atom. The molecule has 1 aromatic heterocycles. The summed E-state index contributed by atoms with van der Waals surface area (Å²) >= 11 is 0. The number of alkyl halides is 3. The fourth-order valence-electron chi connectivity index (χ4n) is 4.77. The van der Waals surface area contributed by atoms with Crippen molar-refractivity contribution >= 4 is 11.6 Å². The first-order valence-electron chi connectivity index (χ1n) is 10.6. The molecule has 0 radical (unpaired) electrons. The minimum absolute atomic E-state index is 0.114. The van der Waals surface area contributed by atoms with Gasteiger partial charge in [-0.15, -0.1) is 0 Å². The van der Waals surface area contributed by atoms with Gasteiger partial charge in [-0.2, -0.15) is 17.6 Å². The second kappa shape index (κ2) is 8.46. The van der Waals surface area contributed by atoms with E-state index in [1.165, 1.54) is 13.1 Å². The zero-order valence-corrected chi connectivity index (χ0v) is 18.5. The van der Waals surface area contributed by atoms with Gasteiger partial charge in [0.1, 0.15) is 6.10 Å². The quantitative estimate of drug-likeness (QED) is 0.626. The van der Waals surface area contributed by atoms with Crippen molar-refractivity contribution in [1.82, 2.24) is 4.98 Å². The second-order valence-electron chi connectivity index (χ2n) is 8.75. The summed E-state index contributed by atoms with van der Waals surface area (Å²) < 4.78 is 80.5. The number of benzene rings is 1. The molecule has 1 aliphatic heterocycles. The van der Waals surface area contributed by atoms with Gasteiger partial charge in [-0.3, -0.25) is 9.78 Å². The van der Waals surface area contributed by atoms with Crippen LogP contribution in [0.2, 0.25) is 0 Å². The number of halogens is 5. The molecule has 184 valence electrons. The molecule has 4 rings (SSSR count). The van der Waals surface area contributed by atoms with E-state index in [-0.39, 0.29) is 11.3 Å². The first kappa shape index (κ1) is 24.3. The first-order chi connectivity index (χ1) is 15.9. The number of pyridine rings is 1. The van der Waals surface area contributed by atoms with Gasteiger partial charge in [-0.05, 0) is 37.5 Å². The molecule has 6 nitrogen and oxygen atoms in total. The number of anilines is 1. The average Bonchev–Trinajstić information content (AvgIpc) is 3.27. The molecule has 2 aromatic rings. The SMILES string of the molecule is COc1c([C@H]2[C@H](C(=O)Nc3cnc4c(c3)CC[C@H]4O)O[C@@](C)(C(F)(F)F)[C@H]2C)ccc(F)c1F. The molecule has 2 N–H and O–H groups in total. The molecule has 5 atom stereocenters. The van der Waals surface area contributed by atoms with E-state index >= 15 is 0 Å². The Morgan fingerprint density at radius 1 is 1.32 bits per heavy atom. The van der Waals surface area contributed by atoms with Crippen LogP contribution in [0.5, 0.6) is 5.75 Å². The number of rotatable bonds is 4. The van der Waals surface area contributed by atoms with Gasteiger partial charge in [0.2, 0.25) is 5.82 Å². The van der Waals surface area contributed by atoms with E-state index in [1.54, 1.807) is 6.07 Å². The van der Waals surface area contributed by atoms with Crippen molar-refractivity contribution in [2.75, 3.05) is 12.4 Å². The number of aliphatic hydroxyl groups is 1. The Kier molecular flexibility index (Phi) is 6.05. The standard InChI is InChI=1S/C23H23F5N2O4/c1-10-16(13-5-6-14(24)17(25)19(13)33-3)20(34-22(10,2)23(26,27)28)21(32)30-12-8-11-4-7-15(31)18(11)29-9-12/h5-6,8-10,15-16,20,31H,4,7H2,1-3H3,(H,30,32)/t10-,15+,16-,20+,22+/m0/s1. The van der Waals surface area contributed by atoms with Crippen LogP contribution in [0.25, 0.3) is 0 Å². The lowest BCUT2D eigenvalue weighted by atomic mass is 9.77. The molecule has 1 fully saturated rings. The van der Waals surface area contributed by atoms with Crippen LogP contribution < -0.4 is 10.1 Å². The lowest BCUT2D eigenvalue weighted by Crippen LogP contribution is -2.47. The number of hydrogen-bond donors (Lipinski definition) is 2. The fourth-order valence-corrected chi connectivity index (χ4v) is 4.77. The van der Waals surface area contributed by atoms with Gasteiger partial charge in [0, 0.05) is 17.4 Å². The van der Waals surface area contributed by atoms with Crippen molar-refractivity contribution in [2.45, 2.75) is 56.6 Å². The summed E-state index contributed by atoms with van der Waals surface area (Å²) in [6.07, 6.45) is -4.96. The van der Waals surface area contributed by atoms with E-state index in [9.17, 15) is 31.9 Å². The highest BCUT2D eigenvalue weighted by Gasteiger charge is 2.65. The minimum Gasteiger partial charge on any atom is -0.493 e. The molecular weight excluding hydrogens is 463 g/mol. The summed E-state index contributed by atoms with van der Waals surface area (Å²) in [7, 11) is 1.06. The second-order valence-corrected chi connectivity index (χ2v) is 8.75. The third-order valence-corrected chi connectivity index (χ3v) is 6.84. The molecule has 34 heavy (non-hydrogen) atoms. The normalized spacial score (nSPS) is 28.6. The van der Waals surface area contributed by atoms with Crippen LogP contribution in [-0.2, 0) is 16.0 Å². The topological polar surface area (TPSA) is 80.7 Å². The number of amides is 1. The van der Waals surface area contributed by atoms with Crippen LogP contribution in [-0.4, -0.2) is 41.0 Å². The number of aliphatic hydroxyl groups excluding tert-OH is 1. The Morgan fingerprint density at radius 2 is 2.03 bits per heavy atom. The summed E-state index contributed by atoms with van der Waals surface area (Å²) in [6, 6.07) is 3.46. The van der Waals surface area contributed by atoms with Crippen LogP contribution in [0.4, 0.5) is 27.6 Å². The summed E-state index contributed by atoms with van der Waals surface area (Å²) in [5.74, 6) is -6.75. The number of carbonyl (C=O) groups is 1. The predicted molar refractivity (Wildman–Crippen MR) is 110 cm³/mol. The molecule has 0 spiro atoms. The Hall–Kier alpha value is -2.79. The third kappa shape index (κ3) is 3.80. The van der Waals surface area contributed by atoms with Crippen molar-refractivity contribution < 1.29 is 41.3 Å². The van der Waals surface area contributed by atoms with Gasteiger partial charge in [-0.25, -0.2) is 4.39 Å².